The minimum Gasteiger partial charge on any atom is -0.261 e. The number of aromatic nitrogens is 2. The summed E-state index contributed by atoms with van der Waals surface area (Å²) in [4.78, 5) is 10.8. The Hall–Kier alpha value is -1.79. The molecule has 0 aliphatic carbocycles. The van der Waals surface area contributed by atoms with Crippen LogP contribution in [0.1, 0.15) is 16.0 Å². The molecule has 0 radical (unpaired) electrons. The molecule has 0 aliphatic rings. The predicted octanol–water partition coefficient (Wildman–Crippen LogP) is 3.82. The standard InChI is InChI=1S/C13H12N4S2/c1-8-9(2)19-13-11(8)12(14-7-15-13)17-16-5-10-3-4-18-6-10/h3-7H,1-2H3,(H,14,15,17)/b16-5+. The number of rotatable bonds is 3. The van der Waals surface area contributed by atoms with Gasteiger partial charge in [-0.3, -0.25) is 5.43 Å². The van der Waals surface area contributed by atoms with Crippen molar-refractivity contribution in [2.24, 2.45) is 5.10 Å². The Morgan fingerprint density at radius 2 is 2.21 bits per heavy atom. The van der Waals surface area contributed by atoms with Crippen molar-refractivity contribution in [3.8, 4) is 0 Å². The lowest BCUT2D eigenvalue weighted by Gasteiger charge is -2.01. The number of nitrogens with zero attached hydrogens (tertiary/aromatic N) is 3. The smallest absolute Gasteiger partial charge is 0.158 e. The largest absolute Gasteiger partial charge is 0.261 e. The molecule has 0 saturated heterocycles. The molecule has 0 unspecified atom stereocenters. The second-order valence-corrected chi connectivity index (χ2v) is 6.10. The first kappa shape index (κ1) is 12.3. The molecule has 19 heavy (non-hydrogen) atoms. The van der Waals surface area contributed by atoms with Crippen LogP contribution in [0.2, 0.25) is 0 Å². The Kier molecular flexibility index (Phi) is 3.27. The monoisotopic (exact) mass is 288 g/mol. The maximum Gasteiger partial charge on any atom is 0.158 e. The van der Waals surface area contributed by atoms with E-state index < -0.39 is 0 Å². The highest BCUT2D eigenvalue weighted by atomic mass is 32.1. The number of hydrogen-bond acceptors (Lipinski definition) is 6. The fourth-order valence-corrected chi connectivity index (χ4v) is 3.39. The van der Waals surface area contributed by atoms with Crippen LogP contribution in [0.25, 0.3) is 10.2 Å². The lowest BCUT2D eigenvalue weighted by atomic mass is 10.2. The molecule has 0 fully saturated rings. The molecule has 0 spiro atoms. The Bertz CT molecular complexity index is 729. The van der Waals surface area contributed by atoms with Crippen molar-refractivity contribution in [2.75, 3.05) is 5.43 Å². The topological polar surface area (TPSA) is 50.2 Å². The fraction of sp³-hybridized carbons (Fsp3) is 0.154. The number of thiophene rings is 2. The van der Waals surface area contributed by atoms with Crippen LogP contribution in [-0.4, -0.2) is 16.2 Å². The van der Waals surface area contributed by atoms with Crippen molar-refractivity contribution in [2.45, 2.75) is 13.8 Å². The van der Waals surface area contributed by atoms with Gasteiger partial charge in [-0.25, -0.2) is 9.97 Å². The van der Waals surface area contributed by atoms with E-state index in [9.17, 15) is 0 Å². The van der Waals surface area contributed by atoms with Gasteiger partial charge in [0.1, 0.15) is 11.2 Å². The van der Waals surface area contributed by atoms with Crippen LogP contribution in [0, 0.1) is 13.8 Å². The summed E-state index contributed by atoms with van der Waals surface area (Å²) in [6.45, 7) is 4.19. The van der Waals surface area contributed by atoms with Crippen molar-refractivity contribution < 1.29 is 0 Å². The number of hydrogen-bond donors (Lipinski definition) is 1. The molecule has 6 heteroatoms. The first-order valence-corrected chi connectivity index (χ1v) is 7.53. The summed E-state index contributed by atoms with van der Waals surface area (Å²) in [6, 6.07) is 2.02. The molecule has 0 amide bonds. The van der Waals surface area contributed by atoms with Crippen LogP contribution in [0.3, 0.4) is 0 Å². The second-order valence-electron chi connectivity index (χ2n) is 4.11. The molecule has 0 saturated carbocycles. The Morgan fingerprint density at radius 1 is 1.32 bits per heavy atom. The summed E-state index contributed by atoms with van der Waals surface area (Å²) < 4.78 is 0. The molecular formula is C13H12N4S2. The van der Waals surface area contributed by atoms with E-state index in [1.807, 2.05) is 16.8 Å². The van der Waals surface area contributed by atoms with Gasteiger partial charge in [-0.1, -0.05) is 0 Å². The van der Waals surface area contributed by atoms with Crippen molar-refractivity contribution in [3.05, 3.63) is 39.2 Å². The third-order valence-corrected chi connectivity index (χ3v) is 4.71. The first-order chi connectivity index (χ1) is 9.25. The lowest BCUT2D eigenvalue weighted by molar-refractivity contribution is 1.19. The van der Waals surface area contributed by atoms with Gasteiger partial charge in [-0.2, -0.15) is 16.4 Å². The SMILES string of the molecule is Cc1sc2ncnc(N/N=C/c3ccsc3)c2c1C. The van der Waals surface area contributed by atoms with E-state index >= 15 is 0 Å². The lowest BCUT2D eigenvalue weighted by Crippen LogP contribution is -1.95. The number of fused-ring (bicyclic) bond motifs is 1. The highest BCUT2D eigenvalue weighted by molar-refractivity contribution is 7.18. The summed E-state index contributed by atoms with van der Waals surface area (Å²) in [5, 5.41) is 9.36. The Morgan fingerprint density at radius 3 is 3.00 bits per heavy atom. The number of hydrazone groups is 1. The predicted molar refractivity (Wildman–Crippen MR) is 82.4 cm³/mol. The maximum absolute atomic E-state index is 4.30. The fourth-order valence-electron chi connectivity index (χ4n) is 1.78. The molecule has 96 valence electrons. The zero-order chi connectivity index (χ0) is 13.2. The summed E-state index contributed by atoms with van der Waals surface area (Å²) in [5.74, 6) is 0.762. The number of aryl methyl sites for hydroxylation is 2. The second kappa shape index (κ2) is 5.07. The van der Waals surface area contributed by atoms with Gasteiger partial charge in [0.05, 0.1) is 11.6 Å². The average molecular weight is 288 g/mol. The van der Waals surface area contributed by atoms with Crippen LogP contribution in [0.15, 0.2) is 28.3 Å². The Labute approximate surface area is 118 Å². The van der Waals surface area contributed by atoms with Crippen molar-refractivity contribution in [1.82, 2.24) is 9.97 Å². The summed E-state index contributed by atoms with van der Waals surface area (Å²) in [6.07, 6.45) is 3.36. The van der Waals surface area contributed by atoms with E-state index in [0.717, 1.165) is 21.6 Å². The third kappa shape index (κ3) is 2.36. The minimum absolute atomic E-state index is 0.762. The summed E-state index contributed by atoms with van der Waals surface area (Å²) >= 11 is 3.33. The van der Waals surface area contributed by atoms with Gasteiger partial charge in [-0.05, 0) is 36.2 Å². The maximum atomic E-state index is 4.30. The molecule has 3 aromatic rings. The Balaban J connectivity index is 1.93. The van der Waals surface area contributed by atoms with E-state index in [-0.39, 0.29) is 0 Å². The van der Waals surface area contributed by atoms with Crippen LogP contribution in [0.5, 0.6) is 0 Å². The van der Waals surface area contributed by atoms with E-state index in [1.54, 1.807) is 35.2 Å². The zero-order valence-corrected chi connectivity index (χ0v) is 12.2. The zero-order valence-electron chi connectivity index (χ0n) is 10.5. The van der Waals surface area contributed by atoms with Crippen LogP contribution < -0.4 is 5.43 Å². The van der Waals surface area contributed by atoms with Gasteiger partial charge in [-0.15, -0.1) is 11.3 Å². The van der Waals surface area contributed by atoms with Crippen molar-refractivity contribution in [3.63, 3.8) is 0 Å². The van der Waals surface area contributed by atoms with Gasteiger partial charge in [0.25, 0.3) is 0 Å². The number of nitrogens with one attached hydrogen (secondary N) is 1. The van der Waals surface area contributed by atoms with Gasteiger partial charge < -0.3 is 0 Å². The van der Waals surface area contributed by atoms with Gasteiger partial charge in [0.15, 0.2) is 5.82 Å². The molecule has 3 aromatic heterocycles. The van der Waals surface area contributed by atoms with Gasteiger partial charge in [0, 0.05) is 10.4 Å². The normalized spacial score (nSPS) is 11.5. The van der Waals surface area contributed by atoms with Crippen molar-refractivity contribution >= 4 is 44.9 Å². The van der Waals surface area contributed by atoms with Gasteiger partial charge >= 0.3 is 0 Å². The molecule has 0 aliphatic heterocycles. The first-order valence-electron chi connectivity index (χ1n) is 5.77. The summed E-state index contributed by atoms with van der Waals surface area (Å²) in [5.41, 5.74) is 5.31. The molecule has 0 atom stereocenters. The van der Waals surface area contributed by atoms with E-state index in [4.69, 9.17) is 0 Å². The molecule has 3 rings (SSSR count). The van der Waals surface area contributed by atoms with Gasteiger partial charge in [0.2, 0.25) is 0 Å². The van der Waals surface area contributed by atoms with E-state index in [0.29, 0.717) is 0 Å². The molecule has 0 bridgehead atoms. The molecule has 3 heterocycles. The molecule has 1 N–H and O–H groups in total. The molecular weight excluding hydrogens is 276 g/mol. The average Bonchev–Trinajstić information content (AvgIpc) is 3.00. The summed E-state index contributed by atoms with van der Waals surface area (Å²) in [7, 11) is 0. The minimum atomic E-state index is 0.762. The highest BCUT2D eigenvalue weighted by Crippen LogP contribution is 2.32. The molecule has 4 nitrogen and oxygen atoms in total. The van der Waals surface area contributed by atoms with Crippen molar-refractivity contribution in [1.29, 1.82) is 0 Å². The van der Waals surface area contributed by atoms with E-state index in [1.165, 1.54) is 10.4 Å². The number of anilines is 1. The van der Waals surface area contributed by atoms with Crippen LogP contribution in [-0.2, 0) is 0 Å². The van der Waals surface area contributed by atoms with Crippen LogP contribution in [0.4, 0.5) is 5.82 Å². The molecule has 0 aromatic carbocycles. The van der Waals surface area contributed by atoms with E-state index in [2.05, 4.69) is 34.3 Å². The highest BCUT2D eigenvalue weighted by Gasteiger charge is 2.10. The van der Waals surface area contributed by atoms with Crippen LogP contribution >= 0.6 is 22.7 Å². The third-order valence-electron chi connectivity index (χ3n) is 2.89. The quantitative estimate of drug-likeness (QED) is 0.589.